The average Bonchev–Trinajstić information content (AvgIpc) is 2.09. The molecule has 3 N–H and O–H groups in total. The average molecular weight is 261 g/mol. The van der Waals surface area contributed by atoms with Gasteiger partial charge in [0, 0.05) is 0 Å². The van der Waals surface area contributed by atoms with Gasteiger partial charge in [0.1, 0.15) is 17.2 Å². The lowest BCUT2D eigenvalue weighted by molar-refractivity contribution is -0.174. The van der Waals surface area contributed by atoms with E-state index in [-0.39, 0.29) is 0 Å². The van der Waals surface area contributed by atoms with Crippen molar-refractivity contribution < 1.29 is 24.2 Å². The predicted molar refractivity (Wildman–Crippen MR) is 65.7 cm³/mol. The van der Waals surface area contributed by atoms with E-state index in [1.54, 1.807) is 41.5 Å². The van der Waals surface area contributed by atoms with Crippen molar-refractivity contribution in [2.75, 3.05) is 0 Å². The van der Waals surface area contributed by atoms with Crippen molar-refractivity contribution in [3.8, 4) is 0 Å². The van der Waals surface area contributed by atoms with Crippen LogP contribution < -0.4 is 5.73 Å². The van der Waals surface area contributed by atoms with Crippen LogP contribution in [0.4, 0.5) is 0 Å². The topological polar surface area (TPSA) is 98.9 Å². The largest absolute Gasteiger partial charge is 0.459 e. The minimum absolute atomic E-state index is 0.734. The predicted octanol–water partition coefficient (Wildman–Crippen LogP) is 0.358. The molecule has 0 spiro atoms. The van der Waals surface area contributed by atoms with Gasteiger partial charge in [0.25, 0.3) is 0 Å². The van der Waals surface area contributed by atoms with Gasteiger partial charge in [-0.15, -0.1) is 0 Å². The number of carbonyl (C=O) groups excluding carboxylic acids is 2. The van der Waals surface area contributed by atoms with Crippen LogP contribution >= 0.6 is 0 Å². The SMILES string of the molecule is CC(C)(C)OC(=O)C(O)[C@H](N)C(=O)OC(C)(C)C. The molecule has 106 valence electrons. The van der Waals surface area contributed by atoms with E-state index in [1.807, 2.05) is 0 Å². The molecule has 0 aliphatic carbocycles. The summed E-state index contributed by atoms with van der Waals surface area (Å²) >= 11 is 0. The van der Waals surface area contributed by atoms with Crippen LogP contribution in [0, 0.1) is 0 Å². The molecular formula is C12H23NO5. The molecule has 6 nitrogen and oxygen atoms in total. The minimum Gasteiger partial charge on any atom is -0.459 e. The van der Waals surface area contributed by atoms with Crippen molar-refractivity contribution in [2.24, 2.45) is 5.73 Å². The molecule has 0 aromatic heterocycles. The molecule has 0 rings (SSSR count). The van der Waals surface area contributed by atoms with E-state index >= 15 is 0 Å². The van der Waals surface area contributed by atoms with Crippen LogP contribution in [0.25, 0.3) is 0 Å². The van der Waals surface area contributed by atoms with Crippen molar-refractivity contribution in [3.05, 3.63) is 0 Å². The second-order valence-electron chi connectivity index (χ2n) is 6.04. The number of esters is 2. The third-order valence-corrected chi connectivity index (χ3v) is 1.67. The first-order valence-electron chi connectivity index (χ1n) is 5.73. The van der Waals surface area contributed by atoms with E-state index in [0.717, 1.165) is 0 Å². The zero-order chi connectivity index (χ0) is 14.7. The van der Waals surface area contributed by atoms with E-state index in [1.165, 1.54) is 0 Å². The van der Waals surface area contributed by atoms with Crippen LogP contribution in [0.2, 0.25) is 0 Å². The molecule has 1 unspecified atom stereocenters. The lowest BCUT2D eigenvalue weighted by Gasteiger charge is -2.26. The third kappa shape index (κ3) is 6.56. The molecule has 18 heavy (non-hydrogen) atoms. The summed E-state index contributed by atoms with van der Waals surface area (Å²) < 4.78 is 9.89. The maximum Gasteiger partial charge on any atom is 0.337 e. The summed E-state index contributed by atoms with van der Waals surface area (Å²) in [7, 11) is 0. The molecule has 2 atom stereocenters. The molecule has 0 heterocycles. The molecule has 0 aliphatic rings. The van der Waals surface area contributed by atoms with E-state index < -0.39 is 35.3 Å². The quantitative estimate of drug-likeness (QED) is 0.712. The van der Waals surface area contributed by atoms with Gasteiger partial charge in [0.15, 0.2) is 6.10 Å². The van der Waals surface area contributed by atoms with Gasteiger partial charge in [-0.2, -0.15) is 0 Å². The number of aliphatic hydroxyl groups is 1. The zero-order valence-corrected chi connectivity index (χ0v) is 11.8. The number of hydrogen-bond acceptors (Lipinski definition) is 6. The highest BCUT2D eigenvalue weighted by Gasteiger charge is 2.35. The van der Waals surface area contributed by atoms with Gasteiger partial charge < -0.3 is 20.3 Å². The molecule has 0 saturated carbocycles. The van der Waals surface area contributed by atoms with Gasteiger partial charge in [0.2, 0.25) is 0 Å². The van der Waals surface area contributed by atoms with E-state index in [2.05, 4.69) is 0 Å². The number of aliphatic hydroxyl groups excluding tert-OH is 1. The Morgan fingerprint density at radius 3 is 1.61 bits per heavy atom. The summed E-state index contributed by atoms with van der Waals surface area (Å²) in [6.07, 6.45) is -1.74. The first kappa shape index (κ1) is 16.9. The Labute approximate surface area is 107 Å². The number of nitrogens with two attached hydrogens (primary N) is 1. The van der Waals surface area contributed by atoms with Crippen LogP contribution in [0.3, 0.4) is 0 Å². The Balaban J connectivity index is 4.55. The number of carbonyl (C=O) groups is 2. The normalized spacial score (nSPS) is 15.8. The molecule has 0 aromatic carbocycles. The number of rotatable bonds is 3. The molecule has 0 bridgehead atoms. The molecule has 0 aliphatic heterocycles. The zero-order valence-electron chi connectivity index (χ0n) is 11.8. The maximum absolute atomic E-state index is 11.6. The Kier molecular flexibility index (Phi) is 5.31. The third-order valence-electron chi connectivity index (χ3n) is 1.67. The van der Waals surface area contributed by atoms with Crippen LogP contribution in [-0.4, -0.2) is 40.4 Å². The van der Waals surface area contributed by atoms with Gasteiger partial charge >= 0.3 is 11.9 Å². The molecular weight excluding hydrogens is 238 g/mol. The summed E-state index contributed by atoms with van der Waals surface area (Å²) in [4.78, 5) is 23.1. The highest BCUT2D eigenvalue weighted by atomic mass is 16.6. The Morgan fingerprint density at radius 2 is 1.28 bits per heavy atom. The van der Waals surface area contributed by atoms with Crippen molar-refractivity contribution in [3.63, 3.8) is 0 Å². The van der Waals surface area contributed by atoms with Gasteiger partial charge in [0.05, 0.1) is 0 Å². The number of ether oxygens (including phenoxy) is 2. The standard InChI is InChI=1S/C12H23NO5/c1-11(2,3)17-9(15)7(13)8(14)10(16)18-12(4,5)6/h7-8,14H,13H2,1-6H3/t7-,8?/m0/s1. The first-order valence-corrected chi connectivity index (χ1v) is 5.73. The Morgan fingerprint density at radius 1 is 0.944 bits per heavy atom. The summed E-state index contributed by atoms with van der Waals surface area (Å²) in [5, 5.41) is 9.62. The van der Waals surface area contributed by atoms with Crippen LogP contribution in [0.5, 0.6) is 0 Å². The fourth-order valence-electron chi connectivity index (χ4n) is 1.01. The summed E-state index contributed by atoms with van der Waals surface area (Å²) in [6.45, 7) is 9.94. The van der Waals surface area contributed by atoms with Crippen molar-refractivity contribution in [2.45, 2.75) is 64.9 Å². The van der Waals surface area contributed by atoms with Gasteiger partial charge in [-0.3, -0.25) is 4.79 Å². The van der Waals surface area contributed by atoms with Crippen molar-refractivity contribution in [1.82, 2.24) is 0 Å². The maximum atomic E-state index is 11.6. The van der Waals surface area contributed by atoms with Crippen LogP contribution in [0.1, 0.15) is 41.5 Å². The van der Waals surface area contributed by atoms with Crippen molar-refractivity contribution in [1.29, 1.82) is 0 Å². The molecule has 0 radical (unpaired) electrons. The lowest BCUT2D eigenvalue weighted by Crippen LogP contribution is -2.50. The fraction of sp³-hybridized carbons (Fsp3) is 0.833. The van der Waals surface area contributed by atoms with Gasteiger partial charge in [-0.05, 0) is 41.5 Å². The monoisotopic (exact) mass is 261 g/mol. The smallest absolute Gasteiger partial charge is 0.337 e. The fourth-order valence-corrected chi connectivity index (χ4v) is 1.01. The molecule has 6 heteroatoms. The molecule has 0 amide bonds. The minimum atomic E-state index is -1.74. The first-order chi connectivity index (χ1) is 7.83. The molecule has 0 fully saturated rings. The van der Waals surface area contributed by atoms with Gasteiger partial charge in [-0.25, -0.2) is 4.79 Å². The van der Waals surface area contributed by atoms with Crippen LogP contribution in [0.15, 0.2) is 0 Å². The summed E-state index contributed by atoms with van der Waals surface area (Å²) in [5.41, 5.74) is 3.97. The second-order valence-corrected chi connectivity index (χ2v) is 6.04. The Bertz CT molecular complexity index is 281. The lowest BCUT2D eigenvalue weighted by atomic mass is 10.1. The van der Waals surface area contributed by atoms with E-state index in [4.69, 9.17) is 15.2 Å². The van der Waals surface area contributed by atoms with E-state index in [0.29, 0.717) is 0 Å². The summed E-state index contributed by atoms with van der Waals surface area (Å²) in [6, 6.07) is -1.46. The van der Waals surface area contributed by atoms with Gasteiger partial charge in [-0.1, -0.05) is 0 Å². The van der Waals surface area contributed by atoms with Crippen LogP contribution in [-0.2, 0) is 19.1 Å². The van der Waals surface area contributed by atoms with Crippen molar-refractivity contribution >= 4 is 11.9 Å². The summed E-state index contributed by atoms with van der Waals surface area (Å²) in [5.74, 6) is -1.79. The Hall–Kier alpha value is -1.14. The molecule has 0 aromatic rings. The second kappa shape index (κ2) is 5.67. The number of hydrogen-bond donors (Lipinski definition) is 2. The highest BCUT2D eigenvalue weighted by molar-refractivity contribution is 5.86. The highest BCUT2D eigenvalue weighted by Crippen LogP contribution is 2.12. The molecule has 0 saturated heterocycles. The van der Waals surface area contributed by atoms with E-state index in [9.17, 15) is 14.7 Å².